The number of hydrazone groups is 1. The number of benzene rings is 2. The van der Waals surface area contributed by atoms with Crippen LogP contribution < -0.4 is 20.2 Å². The van der Waals surface area contributed by atoms with Crippen LogP contribution in [0.2, 0.25) is 0 Å². The fourth-order valence-electron chi connectivity index (χ4n) is 2.13. The molecule has 0 spiro atoms. The highest BCUT2D eigenvalue weighted by Gasteiger charge is 2.08. The molecule has 7 heteroatoms. The molecule has 0 saturated carbocycles. The highest BCUT2D eigenvalue weighted by atomic mass is 32.1. The zero-order chi connectivity index (χ0) is 18.8. The van der Waals surface area contributed by atoms with Crippen LogP contribution in [0.5, 0.6) is 11.5 Å². The second-order valence-corrected chi connectivity index (χ2v) is 5.66. The number of halogens is 1. The molecular formula is C19H22FN3O2S. The summed E-state index contributed by atoms with van der Waals surface area (Å²) in [7, 11) is 0. The third-order valence-electron chi connectivity index (χ3n) is 3.33. The van der Waals surface area contributed by atoms with E-state index in [1.54, 1.807) is 30.5 Å². The van der Waals surface area contributed by atoms with E-state index in [1.165, 1.54) is 6.07 Å². The molecule has 2 N–H and O–H groups in total. The van der Waals surface area contributed by atoms with Gasteiger partial charge in [-0.3, -0.25) is 5.43 Å². The van der Waals surface area contributed by atoms with E-state index in [2.05, 4.69) is 15.8 Å². The SMILES string of the molecule is CCNC(=S)N/N=C\c1ccc(OCc2ccccc2F)c(OCC)c1. The molecular weight excluding hydrogens is 353 g/mol. The van der Waals surface area contributed by atoms with Crippen molar-refractivity contribution in [2.45, 2.75) is 20.5 Å². The predicted octanol–water partition coefficient (Wildman–Crippen LogP) is 3.62. The van der Waals surface area contributed by atoms with Crippen molar-refractivity contribution in [3.63, 3.8) is 0 Å². The molecule has 0 fully saturated rings. The normalized spacial score (nSPS) is 10.6. The van der Waals surface area contributed by atoms with Gasteiger partial charge in [0.2, 0.25) is 0 Å². The smallest absolute Gasteiger partial charge is 0.186 e. The Hall–Kier alpha value is -2.67. The van der Waals surface area contributed by atoms with Crippen LogP contribution >= 0.6 is 12.2 Å². The van der Waals surface area contributed by atoms with Crippen LogP contribution in [0.15, 0.2) is 47.6 Å². The van der Waals surface area contributed by atoms with Gasteiger partial charge in [-0.15, -0.1) is 0 Å². The van der Waals surface area contributed by atoms with Crippen molar-refractivity contribution in [1.29, 1.82) is 0 Å². The summed E-state index contributed by atoms with van der Waals surface area (Å²) in [5.74, 6) is 0.822. The van der Waals surface area contributed by atoms with E-state index in [4.69, 9.17) is 21.7 Å². The van der Waals surface area contributed by atoms with Gasteiger partial charge in [-0.25, -0.2) is 4.39 Å². The molecule has 5 nitrogen and oxygen atoms in total. The fourth-order valence-corrected chi connectivity index (χ4v) is 2.33. The first-order chi connectivity index (χ1) is 12.6. The summed E-state index contributed by atoms with van der Waals surface area (Å²) in [6, 6.07) is 11.9. The molecule has 0 unspecified atom stereocenters. The molecule has 2 rings (SSSR count). The van der Waals surface area contributed by atoms with Crippen LogP contribution in [0.1, 0.15) is 25.0 Å². The minimum absolute atomic E-state index is 0.124. The van der Waals surface area contributed by atoms with Gasteiger partial charge in [0, 0.05) is 12.1 Å². The molecule has 0 aliphatic carbocycles. The van der Waals surface area contributed by atoms with E-state index < -0.39 is 0 Å². The molecule has 0 radical (unpaired) electrons. The van der Waals surface area contributed by atoms with Gasteiger partial charge in [-0.2, -0.15) is 5.10 Å². The van der Waals surface area contributed by atoms with Crippen molar-refractivity contribution < 1.29 is 13.9 Å². The predicted molar refractivity (Wildman–Crippen MR) is 105 cm³/mol. The lowest BCUT2D eigenvalue weighted by Gasteiger charge is -2.13. The largest absolute Gasteiger partial charge is 0.490 e. The lowest BCUT2D eigenvalue weighted by molar-refractivity contribution is 0.266. The molecule has 138 valence electrons. The van der Waals surface area contributed by atoms with Gasteiger partial charge in [-0.05, 0) is 55.9 Å². The maximum atomic E-state index is 13.7. The third-order valence-corrected chi connectivity index (χ3v) is 3.56. The van der Waals surface area contributed by atoms with Crippen molar-refractivity contribution in [1.82, 2.24) is 10.7 Å². The Bertz CT molecular complexity index is 768. The van der Waals surface area contributed by atoms with E-state index in [0.29, 0.717) is 28.8 Å². The quantitative estimate of drug-likeness (QED) is 0.419. The second-order valence-electron chi connectivity index (χ2n) is 5.25. The van der Waals surface area contributed by atoms with Gasteiger partial charge in [0.05, 0.1) is 12.8 Å². The van der Waals surface area contributed by atoms with E-state index in [1.807, 2.05) is 26.0 Å². The zero-order valence-corrected chi connectivity index (χ0v) is 15.6. The summed E-state index contributed by atoms with van der Waals surface area (Å²) in [6.45, 7) is 5.17. The van der Waals surface area contributed by atoms with Crippen LogP contribution in [0.4, 0.5) is 4.39 Å². The van der Waals surface area contributed by atoms with Gasteiger partial charge >= 0.3 is 0 Å². The summed E-state index contributed by atoms with van der Waals surface area (Å²) >= 11 is 5.04. The van der Waals surface area contributed by atoms with E-state index in [0.717, 1.165) is 12.1 Å². The first-order valence-electron chi connectivity index (χ1n) is 8.34. The summed E-state index contributed by atoms with van der Waals surface area (Å²) < 4.78 is 25.1. The lowest BCUT2D eigenvalue weighted by atomic mass is 10.2. The molecule has 0 aromatic heterocycles. The highest BCUT2D eigenvalue weighted by molar-refractivity contribution is 7.80. The van der Waals surface area contributed by atoms with Crippen molar-refractivity contribution >= 4 is 23.5 Å². The summed E-state index contributed by atoms with van der Waals surface area (Å²) in [5, 5.41) is 7.47. The highest BCUT2D eigenvalue weighted by Crippen LogP contribution is 2.29. The Morgan fingerprint density at radius 1 is 1.15 bits per heavy atom. The van der Waals surface area contributed by atoms with E-state index >= 15 is 0 Å². The molecule has 0 atom stereocenters. The molecule has 0 bridgehead atoms. The number of hydrogen-bond acceptors (Lipinski definition) is 4. The molecule has 0 aliphatic heterocycles. The average Bonchev–Trinajstić information content (AvgIpc) is 2.63. The number of ether oxygens (including phenoxy) is 2. The Morgan fingerprint density at radius 3 is 2.69 bits per heavy atom. The van der Waals surface area contributed by atoms with Crippen LogP contribution in [0, 0.1) is 5.82 Å². The lowest BCUT2D eigenvalue weighted by Crippen LogP contribution is -2.31. The van der Waals surface area contributed by atoms with Crippen LogP contribution in [0.25, 0.3) is 0 Å². The van der Waals surface area contributed by atoms with E-state index in [-0.39, 0.29) is 12.4 Å². The van der Waals surface area contributed by atoms with Gasteiger partial charge in [-0.1, -0.05) is 18.2 Å². The summed E-state index contributed by atoms with van der Waals surface area (Å²) in [4.78, 5) is 0. The molecule has 0 amide bonds. The molecule has 2 aromatic carbocycles. The Labute approximate surface area is 158 Å². The number of nitrogens with zero attached hydrogens (tertiary/aromatic N) is 1. The molecule has 2 aromatic rings. The minimum atomic E-state index is -0.294. The maximum absolute atomic E-state index is 13.7. The molecule has 0 saturated heterocycles. The van der Waals surface area contributed by atoms with Crippen molar-refractivity contribution in [2.75, 3.05) is 13.2 Å². The summed E-state index contributed by atoms with van der Waals surface area (Å²) in [6.07, 6.45) is 1.63. The zero-order valence-electron chi connectivity index (χ0n) is 14.8. The average molecular weight is 375 g/mol. The number of hydrogen-bond donors (Lipinski definition) is 2. The van der Waals surface area contributed by atoms with Gasteiger partial charge in [0.15, 0.2) is 16.6 Å². The Kier molecular flexibility index (Phi) is 7.82. The van der Waals surface area contributed by atoms with Crippen molar-refractivity contribution in [3.8, 4) is 11.5 Å². The molecule has 26 heavy (non-hydrogen) atoms. The summed E-state index contributed by atoms with van der Waals surface area (Å²) in [5.41, 5.74) is 4.03. The van der Waals surface area contributed by atoms with Crippen LogP contribution in [0.3, 0.4) is 0 Å². The third kappa shape index (κ3) is 6.00. The van der Waals surface area contributed by atoms with Gasteiger partial charge in [0.25, 0.3) is 0 Å². The standard InChI is InChI=1S/C19H22FN3O2S/c1-3-21-19(26)23-22-12-14-9-10-17(18(11-14)24-4-2)25-13-15-7-5-6-8-16(15)20/h5-12H,3-4,13H2,1-2H3,(H2,21,23,26)/b22-12-. The van der Waals surface area contributed by atoms with Gasteiger partial charge < -0.3 is 14.8 Å². The van der Waals surface area contributed by atoms with Crippen molar-refractivity contribution in [3.05, 3.63) is 59.4 Å². The maximum Gasteiger partial charge on any atom is 0.186 e. The van der Waals surface area contributed by atoms with E-state index in [9.17, 15) is 4.39 Å². The van der Waals surface area contributed by atoms with Crippen molar-refractivity contribution in [2.24, 2.45) is 5.10 Å². The first-order valence-corrected chi connectivity index (χ1v) is 8.74. The topological polar surface area (TPSA) is 54.9 Å². The van der Waals surface area contributed by atoms with Crippen LogP contribution in [-0.2, 0) is 6.61 Å². The molecule has 0 heterocycles. The minimum Gasteiger partial charge on any atom is -0.490 e. The number of thiocarbonyl (C=S) groups is 1. The first kappa shape index (κ1) is 19.7. The fraction of sp³-hybridized carbons (Fsp3) is 0.263. The number of rotatable bonds is 8. The number of nitrogens with one attached hydrogen (secondary N) is 2. The second kappa shape index (κ2) is 10.4. The molecule has 0 aliphatic rings. The Morgan fingerprint density at radius 2 is 1.96 bits per heavy atom. The monoisotopic (exact) mass is 375 g/mol. The van der Waals surface area contributed by atoms with Crippen LogP contribution in [-0.4, -0.2) is 24.5 Å². The Balaban J connectivity index is 2.06. The van der Waals surface area contributed by atoms with Gasteiger partial charge in [0.1, 0.15) is 12.4 Å².